The first-order valence-electron chi connectivity index (χ1n) is 6.78. The van der Waals surface area contributed by atoms with E-state index in [2.05, 4.69) is 27.4 Å². The van der Waals surface area contributed by atoms with Crippen LogP contribution in [0.25, 0.3) is 0 Å². The van der Waals surface area contributed by atoms with Gasteiger partial charge in [0.2, 0.25) is 0 Å². The molecule has 90 valence electrons. The fourth-order valence-corrected chi connectivity index (χ4v) is 4.08. The lowest BCUT2D eigenvalue weighted by Gasteiger charge is -2.53. The van der Waals surface area contributed by atoms with E-state index in [0.717, 1.165) is 11.8 Å². The zero-order valence-electron chi connectivity index (χ0n) is 10.9. The summed E-state index contributed by atoms with van der Waals surface area (Å²) < 4.78 is 5.86. The highest BCUT2D eigenvalue weighted by Gasteiger charge is 2.55. The maximum absolute atomic E-state index is 5.86. The first kappa shape index (κ1) is 10.8. The minimum Gasteiger partial charge on any atom is -0.366 e. The molecule has 1 aliphatic heterocycles. The molecule has 0 aromatic rings. The number of fused-ring (bicyclic) bond motifs is 2. The summed E-state index contributed by atoms with van der Waals surface area (Å²) in [7, 11) is 0. The van der Waals surface area contributed by atoms with Gasteiger partial charge in [-0.2, -0.15) is 0 Å². The smallest absolute Gasteiger partial charge is 0.0920 e. The van der Waals surface area contributed by atoms with Crippen LogP contribution < -0.4 is 0 Å². The van der Waals surface area contributed by atoms with Crippen LogP contribution in [-0.4, -0.2) is 11.7 Å². The molecule has 0 bridgehead atoms. The van der Waals surface area contributed by atoms with Gasteiger partial charge in [0.05, 0.1) is 11.7 Å². The highest BCUT2D eigenvalue weighted by atomic mass is 16.6. The van der Waals surface area contributed by atoms with Gasteiger partial charge in [0, 0.05) is 0 Å². The Morgan fingerprint density at radius 3 is 2.69 bits per heavy atom. The van der Waals surface area contributed by atoms with E-state index in [0.29, 0.717) is 11.5 Å². The maximum Gasteiger partial charge on any atom is 0.0920 e. The van der Waals surface area contributed by atoms with Crippen molar-refractivity contribution in [2.24, 2.45) is 17.3 Å². The molecule has 2 aliphatic carbocycles. The van der Waals surface area contributed by atoms with Crippen LogP contribution in [0.15, 0.2) is 12.2 Å². The second-order valence-corrected chi connectivity index (χ2v) is 7.06. The van der Waals surface area contributed by atoms with Crippen molar-refractivity contribution in [3.8, 4) is 0 Å². The van der Waals surface area contributed by atoms with E-state index in [1.54, 1.807) is 0 Å². The summed E-state index contributed by atoms with van der Waals surface area (Å²) >= 11 is 0. The fourth-order valence-electron chi connectivity index (χ4n) is 4.08. The molecule has 0 aromatic carbocycles. The normalized spacial score (nSPS) is 50.2. The number of hydrogen-bond acceptors (Lipinski definition) is 1. The van der Waals surface area contributed by atoms with Crippen molar-refractivity contribution in [1.29, 1.82) is 0 Å². The number of epoxide rings is 1. The SMILES string of the molecule is C=C1CC[C@@H]2O[C@@]2(C)CC[C@@H]2[C@@H]1CC2(C)C. The minimum absolute atomic E-state index is 0.223. The summed E-state index contributed by atoms with van der Waals surface area (Å²) in [6.07, 6.45) is 6.89. The molecule has 3 fully saturated rings. The van der Waals surface area contributed by atoms with Crippen molar-refractivity contribution in [2.75, 3.05) is 0 Å². The molecule has 1 heterocycles. The molecule has 1 nitrogen and oxygen atoms in total. The Labute approximate surface area is 99.3 Å². The molecule has 4 atom stereocenters. The molecule has 1 saturated heterocycles. The Morgan fingerprint density at radius 2 is 2.00 bits per heavy atom. The largest absolute Gasteiger partial charge is 0.366 e. The zero-order chi connectivity index (χ0) is 11.6. The lowest BCUT2D eigenvalue weighted by Crippen LogP contribution is -2.44. The number of hydrogen-bond donors (Lipinski definition) is 0. The zero-order valence-corrected chi connectivity index (χ0v) is 10.9. The minimum atomic E-state index is 0.223. The van der Waals surface area contributed by atoms with Gasteiger partial charge in [0.1, 0.15) is 0 Å². The standard InChI is InChI=1S/C15H24O/c1-10-5-6-13-15(4,16-13)8-7-12-11(10)9-14(12,2)3/h11-13H,1,5-9H2,2-4H3/t11-,12-,13+,15+/m1/s1. The van der Waals surface area contributed by atoms with E-state index < -0.39 is 0 Å². The van der Waals surface area contributed by atoms with Gasteiger partial charge in [0.25, 0.3) is 0 Å². The van der Waals surface area contributed by atoms with Crippen molar-refractivity contribution < 1.29 is 4.74 Å². The summed E-state index contributed by atoms with van der Waals surface area (Å²) in [6.45, 7) is 11.5. The third-order valence-corrected chi connectivity index (χ3v) is 5.47. The molecule has 3 aliphatic rings. The number of ether oxygens (including phenoxy) is 1. The Morgan fingerprint density at radius 1 is 1.25 bits per heavy atom. The first-order valence-corrected chi connectivity index (χ1v) is 6.78. The summed E-state index contributed by atoms with van der Waals surface area (Å²) in [4.78, 5) is 0. The lowest BCUT2D eigenvalue weighted by atomic mass is 9.52. The highest BCUT2D eigenvalue weighted by Crippen LogP contribution is 2.59. The van der Waals surface area contributed by atoms with Crippen molar-refractivity contribution in [3.05, 3.63) is 12.2 Å². The van der Waals surface area contributed by atoms with E-state index in [9.17, 15) is 0 Å². The van der Waals surface area contributed by atoms with Gasteiger partial charge >= 0.3 is 0 Å². The van der Waals surface area contributed by atoms with E-state index >= 15 is 0 Å². The lowest BCUT2D eigenvalue weighted by molar-refractivity contribution is -0.00211. The first-order chi connectivity index (χ1) is 7.42. The van der Waals surface area contributed by atoms with Gasteiger partial charge < -0.3 is 4.74 Å². The van der Waals surface area contributed by atoms with Crippen molar-refractivity contribution in [3.63, 3.8) is 0 Å². The van der Waals surface area contributed by atoms with E-state index in [1.807, 2.05) is 0 Å². The molecular weight excluding hydrogens is 196 g/mol. The second kappa shape index (κ2) is 3.13. The van der Waals surface area contributed by atoms with Crippen LogP contribution >= 0.6 is 0 Å². The van der Waals surface area contributed by atoms with Gasteiger partial charge in [-0.3, -0.25) is 0 Å². The molecule has 2 saturated carbocycles. The Hall–Kier alpha value is -0.300. The van der Waals surface area contributed by atoms with Crippen molar-refractivity contribution in [2.45, 2.75) is 64.6 Å². The van der Waals surface area contributed by atoms with Gasteiger partial charge in [0.15, 0.2) is 0 Å². The highest BCUT2D eigenvalue weighted by molar-refractivity contribution is 5.16. The van der Waals surface area contributed by atoms with E-state index in [4.69, 9.17) is 4.74 Å². The van der Waals surface area contributed by atoms with Crippen LogP contribution in [0.5, 0.6) is 0 Å². The molecule has 0 aromatic heterocycles. The monoisotopic (exact) mass is 220 g/mol. The molecule has 1 heteroatoms. The van der Waals surface area contributed by atoms with E-state index in [-0.39, 0.29) is 5.60 Å². The van der Waals surface area contributed by atoms with Crippen LogP contribution in [0.3, 0.4) is 0 Å². The van der Waals surface area contributed by atoms with Gasteiger partial charge in [-0.15, -0.1) is 0 Å². The van der Waals surface area contributed by atoms with Crippen LogP contribution in [0.2, 0.25) is 0 Å². The van der Waals surface area contributed by atoms with Crippen LogP contribution in [0.1, 0.15) is 52.9 Å². The van der Waals surface area contributed by atoms with Crippen molar-refractivity contribution in [1.82, 2.24) is 0 Å². The van der Waals surface area contributed by atoms with Crippen LogP contribution in [-0.2, 0) is 4.74 Å². The summed E-state index contributed by atoms with van der Waals surface area (Å²) in [5, 5.41) is 0. The molecule has 16 heavy (non-hydrogen) atoms. The Balaban J connectivity index is 1.78. The molecule has 0 amide bonds. The third kappa shape index (κ3) is 1.48. The van der Waals surface area contributed by atoms with Crippen LogP contribution in [0, 0.1) is 17.3 Å². The van der Waals surface area contributed by atoms with E-state index in [1.165, 1.54) is 37.7 Å². The molecule has 0 unspecified atom stereocenters. The topological polar surface area (TPSA) is 12.5 Å². The predicted octanol–water partition coefficient (Wildman–Crippen LogP) is 3.94. The second-order valence-electron chi connectivity index (χ2n) is 7.06. The molecule has 3 rings (SSSR count). The molecule has 0 spiro atoms. The van der Waals surface area contributed by atoms with Gasteiger partial charge in [-0.05, 0) is 56.3 Å². The quantitative estimate of drug-likeness (QED) is 0.445. The maximum atomic E-state index is 5.86. The summed E-state index contributed by atoms with van der Waals surface area (Å²) in [5.74, 6) is 1.68. The molecule has 0 radical (unpaired) electrons. The average molecular weight is 220 g/mol. The molecular formula is C15H24O. The Bertz CT molecular complexity index is 330. The fraction of sp³-hybridized carbons (Fsp3) is 0.867. The Kier molecular flexibility index (Phi) is 2.12. The van der Waals surface area contributed by atoms with Crippen LogP contribution in [0.4, 0.5) is 0 Å². The summed E-state index contributed by atoms with van der Waals surface area (Å²) in [5.41, 5.74) is 2.27. The number of allylic oxidation sites excluding steroid dienone is 1. The third-order valence-electron chi connectivity index (χ3n) is 5.47. The van der Waals surface area contributed by atoms with Gasteiger partial charge in [-0.25, -0.2) is 0 Å². The summed E-state index contributed by atoms with van der Waals surface area (Å²) in [6, 6.07) is 0. The van der Waals surface area contributed by atoms with Crippen molar-refractivity contribution >= 4 is 0 Å². The average Bonchev–Trinajstić information content (AvgIpc) is 2.82. The predicted molar refractivity (Wildman–Crippen MR) is 66.3 cm³/mol. The number of rotatable bonds is 0. The van der Waals surface area contributed by atoms with Gasteiger partial charge in [-0.1, -0.05) is 26.0 Å². The molecule has 0 N–H and O–H groups in total.